The molecule has 5 rings (SSSR count). The molecule has 0 saturated heterocycles. The summed E-state index contributed by atoms with van der Waals surface area (Å²) in [5.74, 6) is 0.899. The van der Waals surface area contributed by atoms with Crippen LogP contribution in [0.3, 0.4) is 0 Å². The van der Waals surface area contributed by atoms with Gasteiger partial charge < -0.3 is 24.2 Å². The molecule has 0 bridgehead atoms. The SMILES string of the molecule is CCOc1cc2c3c(nc(-c4ccc5oc(N)nc5c4)n3CCCO2)c1F. The number of benzene rings is 2. The Kier molecular flexibility index (Phi) is 3.46. The summed E-state index contributed by atoms with van der Waals surface area (Å²) in [6.07, 6.45) is 0.790. The lowest BCUT2D eigenvalue weighted by Gasteiger charge is -2.09. The van der Waals surface area contributed by atoms with Crippen LogP contribution in [0.1, 0.15) is 13.3 Å². The average Bonchev–Trinajstić information content (AvgIpc) is 3.14. The summed E-state index contributed by atoms with van der Waals surface area (Å²) < 4.78 is 33.6. The van der Waals surface area contributed by atoms with Gasteiger partial charge in [0.05, 0.1) is 13.2 Å². The molecule has 0 aliphatic carbocycles. The summed E-state index contributed by atoms with van der Waals surface area (Å²) in [7, 11) is 0. The lowest BCUT2D eigenvalue weighted by atomic mass is 10.2. The Hall–Kier alpha value is -3.29. The zero-order valence-corrected chi connectivity index (χ0v) is 14.7. The standard InChI is InChI=1S/C19H17FN4O3/c1-2-25-13-9-14-17-16(15(13)20)23-18(24(17)6-3-7-26-14)10-4-5-12-11(8-10)22-19(21)27-12/h4-5,8-9H,2-3,6-7H2,1H3,(H2,21,22). The number of rotatable bonds is 3. The molecule has 0 radical (unpaired) electrons. The normalized spacial score (nSPS) is 13.7. The summed E-state index contributed by atoms with van der Waals surface area (Å²) >= 11 is 0. The summed E-state index contributed by atoms with van der Waals surface area (Å²) in [4.78, 5) is 8.76. The Bertz CT molecular complexity index is 1180. The molecule has 0 spiro atoms. The summed E-state index contributed by atoms with van der Waals surface area (Å²) in [6, 6.07) is 7.21. The fraction of sp³-hybridized carbons (Fsp3) is 0.263. The highest BCUT2D eigenvalue weighted by Crippen LogP contribution is 2.39. The van der Waals surface area contributed by atoms with Crippen molar-refractivity contribution in [2.24, 2.45) is 0 Å². The van der Waals surface area contributed by atoms with Crippen molar-refractivity contribution in [3.63, 3.8) is 0 Å². The van der Waals surface area contributed by atoms with Crippen LogP contribution in [0.5, 0.6) is 11.5 Å². The van der Waals surface area contributed by atoms with Crippen molar-refractivity contribution in [2.45, 2.75) is 19.9 Å². The number of aryl methyl sites for hydroxylation is 1. The fourth-order valence-electron chi connectivity index (χ4n) is 3.52. The van der Waals surface area contributed by atoms with Gasteiger partial charge in [-0.25, -0.2) is 9.37 Å². The summed E-state index contributed by atoms with van der Waals surface area (Å²) in [5.41, 5.74) is 8.55. The minimum atomic E-state index is -0.479. The number of nitrogen functional groups attached to an aromatic ring is 1. The van der Waals surface area contributed by atoms with Crippen molar-refractivity contribution < 1.29 is 18.3 Å². The number of hydrogen-bond donors (Lipinski definition) is 1. The Balaban J connectivity index is 1.78. The Labute approximate surface area is 153 Å². The van der Waals surface area contributed by atoms with E-state index in [0.717, 1.165) is 12.0 Å². The molecule has 8 heteroatoms. The van der Waals surface area contributed by atoms with Gasteiger partial charge in [-0.3, -0.25) is 0 Å². The number of hydrogen-bond acceptors (Lipinski definition) is 6. The third kappa shape index (κ3) is 2.40. The van der Waals surface area contributed by atoms with Gasteiger partial charge in [0.1, 0.15) is 28.1 Å². The lowest BCUT2D eigenvalue weighted by Crippen LogP contribution is -2.01. The molecule has 0 atom stereocenters. The average molecular weight is 368 g/mol. The van der Waals surface area contributed by atoms with E-state index in [4.69, 9.17) is 19.6 Å². The maximum atomic E-state index is 15.0. The van der Waals surface area contributed by atoms with Gasteiger partial charge in [-0.2, -0.15) is 4.98 Å². The zero-order valence-electron chi connectivity index (χ0n) is 14.7. The van der Waals surface area contributed by atoms with E-state index in [1.54, 1.807) is 12.1 Å². The highest BCUT2D eigenvalue weighted by Gasteiger charge is 2.25. The number of halogens is 1. The summed E-state index contributed by atoms with van der Waals surface area (Å²) in [6.45, 7) is 3.39. The van der Waals surface area contributed by atoms with Gasteiger partial charge in [-0.15, -0.1) is 0 Å². The number of nitrogens with two attached hydrogens (primary N) is 1. The van der Waals surface area contributed by atoms with Gasteiger partial charge in [-0.1, -0.05) is 0 Å². The predicted octanol–water partition coefficient (Wildman–Crippen LogP) is 3.75. The van der Waals surface area contributed by atoms with E-state index in [1.165, 1.54) is 0 Å². The van der Waals surface area contributed by atoms with Gasteiger partial charge in [-0.05, 0) is 31.5 Å². The second-order valence-electron chi connectivity index (χ2n) is 6.34. The number of aromatic nitrogens is 3. The topological polar surface area (TPSA) is 88.3 Å². The van der Waals surface area contributed by atoms with Gasteiger partial charge in [0.25, 0.3) is 6.01 Å². The molecule has 1 aliphatic heterocycles. The van der Waals surface area contributed by atoms with Crippen LogP contribution in [0.25, 0.3) is 33.5 Å². The number of oxazole rings is 1. The Morgan fingerprint density at radius 1 is 1.30 bits per heavy atom. The second kappa shape index (κ2) is 5.87. The first-order valence-electron chi connectivity index (χ1n) is 8.80. The first-order chi connectivity index (χ1) is 13.2. The van der Waals surface area contributed by atoms with Crippen molar-refractivity contribution in [3.05, 3.63) is 30.1 Å². The molecule has 0 saturated carbocycles. The van der Waals surface area contributed by atoms with Crippen LogP contribution >= 0.6 is 0 Å². The smallest absolute Gasteiger partial charge is 0.292 e. The molecule has 4 aromatic rings. The number of anilines is 1. The number of imidazole rings is 1. The molecule has 7 nitrogen and oxygen atoms in total. The fourth-order valence-corrected chi connectivity index (χ4v) is 3.52. The van der Waals surface area contributed by atoms with Crippen LogP contribution in [0, 0.1) is 5.82 Å². The van der Waals surface area contributed by atoms with Crippen LogP contribution in [-0.2, 0) is 6.54 Å². The van der Waals surface area contributed by atoms with E-state index < -0.39 is 5.82 Å². The van der Waals surface area contributed by atoms with Crippen molar-refractivity contribution in [2.75, 3.05) is 18.9 Å². The molecule has 0 fully saturated rings. The third-order valence-electron chi connectivity index (χ3n) is 4.63. The van der Waals surface area contributed by atoms with Crippen LogP contribution in [0.4, 0.5) is 10.4 Å². The quantitative estimate of drug-likeness (QED) is 0.592. The molecular formula is C19H17FN4O3. The van der Waals surface area contributed by atoms with Crippen LogP contribution in [0.2, 0.25) is 0 Å². The van der Waals surface area contributed by atoms with Crippen LogP contribution < -0.4 is 15.2 Å². The molecule has 138 valence electrons. The first kappa shape index (κ1) is 15.9. The largest absolute Gasteiger partial charge is 0.491 e. The monoisotopic (exact) mass is 368 g/mol. The first-order valence-corrected chi connectivity index (χ1v) is 8.80. The van der Waals surface area contributed by atoms with E-state index >= 15 is 0 Å². The van der Waals surface area contributed by atoms with Gasteiger partial charge in [0, 0.05) is 18.2 Å². The van der Waals surface area contributed by atoms with Crippen molar-refractivity contribution >= 4 is 28.1 Å². The molecule has 2 N–H and O–H groups in total. The second-order valence-corrected chi connectivity index (χ2v) is 6.34. The molecule has 27 heavy (non-hydrogen) atoms. The molecule has 0 amide bonds. The minimum absolute atomic E-state index is 0.108. The van der Waals surface area contributed by atoms with Gasteiger partial charge >= 0.3 is 0 Å². The molecule has 0 unspecified atom stereocenters. The number of nitrogens with zero attached hydrogens (tertiary/aromatic N) is 3. The molecule has 1 aliphatic rings. The predicted molar refractivity (Wildman–Crippen MR) is 98.4 cm³/mol. The van der Waals surface area contributed by atoms with E-state index in [2.05, 4.69) is 9.97 Å². The van der Waals surface area contributed by atoms with Gasteiger partial charge in [0.15, 0.2) is 17.1 Å². The van der Waals surface area contributed by atoms with E-state index in [9.17, 15) is 4.39 Å². The number of ether oxygens (including phenoxy) is 2. The van der Waals surface area contributed by atoms with Crippen LogP contribution in [-0.4, -0.2) is 27.7 Å². The van der Waals surface area contributed by atoms with Crippen molar-refractivity contribution in [1.82, 2.24) is 14.5 Å². The molecule has 2 aromatic carbocycles. The number of fused-ring (bicyclic) bond motifs is 1. The van der Waals surface area contributed by atoms with Crippen molar-refractivity contribution in [3.8, 4) is 22.9 Å². The maximum Gasteiger partial charge on any atom is 0.292 e. The zero-order chi connectivity index (χ0) is 18.5. The third-order valence-corrected chi connectivity index (χ3v) is 4.63. The van der Waals surface area contributed by atoms with E-state index in [0.29, 0.717) is 47.9 Å². The molecule has 2 aromatic heterocycles. The summed E-state index contributed by atoms with van der Waals surface area (Å²) in [5, 5.41) is 0. The Morgan fingerprint density at radius 2 is 2.19 bits per heavy atom. The van der Waals surface area contributed by atoms with Gasteiger partial charge in [0.2, 0.25) is 0 Å². The maximum absolute atomic E-state index is 15.0. The lowest BCUT2D eigenvalue weighted by molar-refractivity contribution is 0.303. The van der Waals surface area contributed by atoms with E-state index in [1.807, 2.05) is 23.6 Å². The molecule has 3 heterocycles. The van der Waals surface area contributed by atoms with E-state index in [-0.39, 0.29) is 17.3 Å². The Morgan fingerprint density at radius 3 is 3.04 bits per heavy atom. The molecular weight excluding hydrogens is 351 g/mol. The highest BCUT2D eigenvalue weighted by molar-refractivity contribution is 5.89. The van der Waals surface area contributed by atoms with Crippen LogP contribution in [0.15, 0.2) is 28.7 Å². The highest BCUT2D eigenvalue weighted by atomic mass is 19.1. The minimum Gasteiger partial charge on any atom is -0.491 e. The van der Waals surface area contributed by atoms with Crippen molar-refractivity contribution in [1.29, 1.82) is 0 Å².